The average molecular weight is 791 g/mol. The van der Waals surface area contributed by atoms with Gasteiger partial charge in [-0.05, 0) is 48.5 Å². The molecule has 17 heteroatoms. The minimum absolute atomic E-state index is 0.190. The summed E-state index contributed by atoms with van der Waals surface area (Å²) in [6.07, 6.45) is 0. The van der Waals surface area contributed by atoms with Crippen molar-refractivity contribution in [2.45, 2.75) is 0 Å². The molecule has 0 unspecified atom stereocenters. The first-order valence-electron chi connectivity index (χ1n) is 17.8. The van der Waals surface area contributed by atoms with E-state index in [2.05, 4.69) is 0 Å². The molecule has 0 aliphatic heterocycles. The van der Waals surface area contributed by atoms with Crippen LogP contribution in [0, 0.1) is 45.3 Å². The molecule has 0 spiro atoms. The van der Waals surface area contributed by atoms with Crippen LogP contribution in [-0.4, -0.2) is 22.8 Å². The molecule has 7 aromatic heterocycles. The van der Waals surface area contributed by atoms with Gasteiger partial charge in [-0.1, -0.05) is 0 Å². The third kappa shape index (κ3) is 5.51. The van der Waals surface area contributed by atoms with E-state index in [0.717, 1.165) is 40.9 Å². The fourth-order valence-corrected chi connectivity index (χ4v) is 10.4. The number of hydrogen-bond donors (Lipinski definition) is 0. The molecule has 0 fully saturated rings. The van der Waals surface area contributed by atoms with Crippen molar-refractivity contribution in [1.29, 1.82) is 21.0 Å². The van der Waals surface area contributed by atoms with Crippen LogP contribution >= 0.6 is 45.3 Å². The van der Waals surface area contributed by atoms with Crippen LogP contribution in [0.25, 0.3) is 63.2 Å². The summed E-state index contributed by atoms with van der Waals surface area (Å²) >= 11 is 4.90. The third-order valence-electron chi connectivity index (χ3n) is 8.55. The molecule has 0 aliphatic rings. The molecule has 7 aromatic rings. The molecular weight excluding hydrogens is 763 g/mol. The van der Waals surface area contributed by atoms with Gasteiger partial charge in [0.1, 0.15) is 45.7 Å². The van der Waals surface area contributed by atoms with E-state index in [0.29, 0.717) is 39.9 Å². The lowest BCUT2D eigenvalue weighted by atomic mass is 10.3. The van der Waals surface area contributed by atoms with E-state index in [4.69, 9.17) is 6.85 Å². The van der Waals surface area contributed by atoms with Crippen LogP contribution < -0.4 is 43.6 Å². The Morgan fingerprint density at radius 3 is 1.24 bits per heavy atom. The second-order valence-electron chi connectivity index (χ2n) is 11.6. The molecule has 0 aromatic carbocycles. The van der Waals surface area contributed by atoms with Crippen LogP contribution in [0.5, 0.6) is 0 Å². The van der Waals surface area contributed by atoms with Crippen LogP contribution in [0.4, 0.5) is 0 Å². The highest BCUT2D eigenvalue weighted by molar-refractivity contribution is 7.32. The summed E-state index contributed by atoms with van der Waals surface area (Å²) in [6.45, 7) is -2.59. The lowest BCUT2D eigenvalue weighted by Crippen LogP contribution is -2.57. The highest BCUT2D eigenvalue weighted by Crippen LogP contribution is 2.46. The number of hydrogen-bond acceptors (Lipinski definition) is 12. The maximum Gasteiger partial charge on any atom is 0.264 e. The smallest absolute Gasteiger partial charge is 0.264 e. The number of aryl methyl sites for hydroxylation is 1. The first kappa shape index (κ1) is 29.9. The van der Waals surface area contributed by atoms with E-state index in [9.17, 15) is 40.2 Å². The standard InChI is InChI=1S/C37H23N9O4S4/c1-42-24-12-28(26-8-6-20(51-26)10-22-34(47)43(2)32(18(14-38)15-39)44(3)35(22)48)53-30(24)31-25(42)13-29(54-31)27-9-7-21(52-27)11-23-36(49)45(4)33(19(16-40)17-41)46(5)37(23)50/h6-13H,1-5H3/i1D3,10D,11D. The van der Waals surface area contributed by atoms with Gasteiger partial charge in [-0.25, -0.2) is 0 Å². The van der Waals surface area contributed by atoms with Crippen LogP contribution in [0.15, 0.2) is 55.6 Å². The van der Waals surface area contributed by atoms with Crippen molar-refractivity contribution in [2.24, 2.45) is 35.2 Å². The molecule has 0 saturated carbocycles. The van der Waals surface area contributed by atoms with Gasteiger partial charge in [-0.3, -0.25) is 37.4 Å². The summed E-state index contributed by atoms with van der Waals surface area (Å²) in [5.74, 6) is 0. The van der Waals surface area contributed by atoms with Crippen molar-refractivity contribution < 1.29 is 6.85 Å². The lowest BCUT2D eigenvalue weighted by Gasteiger charge is -2.05. The summed E-state index contributed by atoms with van der Waals surface area (Å²) in [4.78, 5) is 56.4. The predicted octanol–water partition coefficient (Wildman–Crippen LogP) is 1.76. The van der Waals surface area contributed by atoms with E-state index < -0.39 is 50.8 Å². The van der Waals surface area contributed by atoms with Crippen LogP contribution in [-0.2, 0) is 35.2 Å². The van der Waals surface area contributed by atoms with Crippen molar-refractivity contribution in [3.63, 3.8) is 0 Å². The van der Waals surface area contributed by atoms with Crippen molar-refractivity contribution in [2.75, 3.05) is 0 Å². The van der Waals surface area contributed by atoms with Crippen molar-refractivity contribution in [3.8, 4) is 43.8 Å². The Morgan fingerprint density at radius 1 is 0.574 bits per heavy atom. The van der Waals surface area contributed by atoms with Gasteiger partial charge in [0.25, 0.3) is 22.2 Å². The summed E-state index contributed by atoms with van der Waals surface area (Å²) in [5, 5.41) is 36.5. The number of rotatable bonds is 4. The minimum atomic E-state index is -2.59. The molecule has 0 amide bonds. The largest absolute Gasteiger partial charge is 0.342 e. The van der Waals surface area contributed by atoms with Gasteiger partial charge in [0, 0.05) is 68.5 Å². The van der Waals surface area contributed by atoms with Gasteiger partial charge >= 0.3 is 0 Å². The predicted molar refractivity (Wildman–Crippen MR) is 212 cm³/mol. The quantitative estimate of drug-likeness (QED) is 0.258. The zero-order chi connectivity index (χ0) is 43.0. The summed E-state index contributed by atoms with van der Waals surface area (Å²) < 4.78 is 49.5. The van der Waals surface area contributed by atoms with Crippen molar-refractivity contribution >= 4 is 89.0 Å². The van der Waals surface area contributed by atoms with Gasteiger partial charge in [-0.15, -0.1) is 45.3 Å². The Balaban J connectivity index is 1.34. The first-order chi connectivity index (χ1) is 27.9. The van der Waals surface area contributed by atoms with Crippen molar-refractivity contribution in [3.05, 3.63) is 109 Å². The highest BCUT2D eigenvalue weighted by Gasteiger charge is 2.19. The van der Waals surface area contributed by atoms with Gasteiger partial charge in [0.15, 0.2) is 11.1 Å². The summed E-state index contributed by atoms with van der Waals surface area (Å²) in [7, 11) is 5.21. The summed E-state index contributed by atoms with van der Waals surface area (Å²) in [6, 6.07) is 16.1. The second kappa shape index (κ2) is 13.4. The van der Waals surface area contributed by atoms with Gasteiger partial charge in [0.05, 0.1) is 23.2 Å². The first-order valence-corrected chi connectivity index (χ1v) is 18.6. The van der Waals surface area contributed by atoms with E-state index in [1.165, 1.54) is 55.4 Å². The molecule has 0 saturated heterocycles. The Bertz CT molecular complexity index is 3370. The zero-order valence-corrected chi connectivity index (χ0v) is 31.5. The average Bonchev–Trinajstić information content (AvgIpc) is 4.04. The number of nitrogens with zero attached hydrogens (tertiary/aromatic N) is 9. The molecule has 7 heterocycles. The molecule has 0 N–H and O–H groups in total. The molecular formula is C37H23N9O4S4. The van der Waals surface area contributed by atoms with Crippen LogP contribution in [0.1, 0.15) is 16.6 Å². The van der Waals surface area contributed by atoms with Gasteiger partial charge < -0.3 is 4.57 Å². The Kier molecular flexibility index (Phi) is 7.44. The van der Waals surface area contributed by atoms with E-state index in [1.807, 2.05) is 0 Å². The van der Waals surface area contributed by atoms with E-state index in [1.54, 1.807) is 60.7 Å². The molecule has 0 bridgehead atoms. The molecule has 0 aliphatic carbocycles. The zero-order valence-electron chi connectivity index (χ0n) is 33.3. The van der Waals surface area contributed by atoms with Crippen LogP contribution in [0.2, 0.25) is 0 Å². The highest BCUT2D eigenvalue weighted by atomic mass is 32.1. The number of fused-ring (bicyclic) bond motifs is 3. The fourth-order valence-electron chi connectivity index (χ4n) is 5.94. The van der Waals surface area contributed by atoms with Gasteiger partial charge in [-0.2, -0.15) is 21.0 Å². The van der Waals surface area contributed by atoms with Gasteiger partial charge in [0.2, 0.25) is 0 Å². The van der Waals surface area contributed by atoms with E-state index >= 15 is 0 Å². The second-order valence-corrected chi connectivity index (χ2v) is 15.9. The minimum Gasteiger partial charge on any atom is -0.342 e. The topological polar surface area (TPSA) is 188 Å². The SMILES string of the molecule is [2H]C(c1ccc(-c2cc3c(s2)c2sc(-c4ccc(C([2H])=c5c(=O)n(C)c(=C(C#N)C#N)n(C)c5=O)s4)cc2n3C([2H])([2H])[2H])s1)=c1c(=O)n(C)c(=C(C#N)C#N)n(C)c1=O. The summed E-state index contributed by atoms with van der Waals surface area (Å²) in [5.41, 5.74) is -3.76. The van der Waals surface area contributed by atoms with Crippen molar-refractivity contribution in [1.82, 2.24) is 22.8 Å². The number of aromatic nitrogens is 5. The molecule has 7 rings (SSSR count). The lowest BCUT2D eigenvalue weighted by molar-refractivity contribution is 0.661. The van der Waals surface area contributed by atoms with Crippen LogP contribution in [0.3, 0.4) is 0 Å². The maximum absolute atomic E-state index is 13.3. The third-order valence-corrected chi connectivity index (χ3v) is 13.4. The Morgan fingerprint density at radius 2 is 0.926 bits per heavy atom. The Labute approximate surface area is 326 Å². The molecule has 0 atom stereocenters. The molecule has 13 nitrogen and oxygen atoms in total. The molecule has 264 valence electrons. The number of nitriles is 4. The molecule has 0 radical (unpaired) electrons. The van der Waals surface area contributed by atoms with E-state index in [-0.39, 0.29) is 32.8 Å². The maximum atomic E-state index is 13.3. The molecule has 54 heavy (non-hydrogen) atoms. The monoisotopic (exact) mass is 790 g/mol. The fraction of sp³-hybridized carbons (Fsp3) is 0.135. The Hall–Kier alpha value is -6.60. The number of thiophene rings is 4. The normalized spacial score (nSPS) is 12.5.